The summed E-state index contributed by atoms with van der Waals surface area (Å²) in [5, 5.41) is 2.97. The molecule has 1 fully saturated rings. The van der Waals surface area contributed by atoms with E-state index in [-0.39, 0.29) is 25.2 Å². The normalized spacial score (nSPS) is 22.8. The van der Waals surface area contributed by atoms with Gasteiger partial charge in [-0.3, -0.25) is 4.79 Å². The third-order valence-electron chi connectivity index (χ3n) is 4.83. The van der Waals surface area contributed by atoms with Crippen molar-refractivity contribution in [2.75, 3.05) is 20.3 Å². The summed E-state index contributed by atoms with van der Waals surface area (Å²) < 4.78 is 15.3. The highest BCUT2D eigenvalue weighted by molar-refractivity contribution is 5.81. The molecule has 0 saturated heterocycles. The van der Waals surface area contributed by atoms with E-state index in [1.54, 1.807) is 31.4 Å². The van der Waals surface area contributed by atoms with Gasteiger partial charge in [0, 0.05) is 6.04 Å². The average molecular weight is 349 g/mol. The van der Waals surface area contributed by atoms with E-state index in [1.807, 2.05) is 0 Å². The van der Waals surface area contributed by atoms with Gasteiger partial charge in [0.15, 0.2) is 13.2 Å². The van der Waals surface area contributed by atoms with Crippen molar-refractivity contribution in [3.63, 3.8) is 0 Å². The molecule has 25 heavy (non-hydrogen) atoms. The van der Waals surface area contributed by atoms with Gasteiger partial charge in [0.1, 0.15) is 11.5 Å². The van der Waals surface area contributed by atoms with E-state index in [4.69, 9.17) is 14.2 Å². The van der Waals surface area contributed by atoms with Crippen LogP contribution in [0.4, 0.5) is 0 Å². The molecule has 138 valence electrons. The molecule has 0 radical (unpaired) electrons. The Morgan fingerprint density at radius 3 is 2.44 bits per heavy atom. The van der Waals surface area contributed by atoms with Crippen molar-refractivity contribution in [2.45, 2.75) is 39.2 Å². The first-order chi connectivity index (χ1) is 12.0. The SMILES string of the molecule is COc1ccc(OCC(=O)OCC(=O)N[C@@H]2CCC[C@@H](C)[C@H]2C)cc1. The molecule has 3 atom stereocenters. The molecular formula is C19H27NO5. The molecule has 0 aromatic heterocycles. The fourth-order valence-corrected chi connectivity index (χ4v) is 3.04. The fraction of sp³-hybridized carbons (Fsp3) is 0.579. The second-order valence-electron chi connectivity index (χ2n) is 6.57. The first-order valence-corrected chi connectivity index (χ1v) is 8.71. The number of nitrogens with one attached hydrogen (secondary N) is 1. The Hall–Kier alpha value is -2.24. The molecule has 0 spiro atoms. The molecule has 1 aliphatic carbocycles. The van der Waals surface area contributed by atoms with Crippen LogP contribution >= 0.6 is 0 Å². The molecule has 1 aromatic rings. The Labute approximate surface area is 148 Å². The molecule has 6 nitrogen and oxygen atoms in total. The summed E-state index contributed by atoms with van der Waals surface area (Å²) in [6.45, 7) is 3.85. The highest BCUT2D eigenvalue weighted by Gasteiger charge is 2.28. The first-order valence-electron chi connectivity index (χ1n) is 8.71. The molecule has 1 aromatic carbocycles. The Bertz CT molecular complexity index is 572. The van der Waals surface area contributed by atoms with Crippen molar-refractivity contribution in [3.8, 4) is 11.5 Å². The van der Waals surface area contributed by atoms with Crippen LogP contribution < -0.4 is 14.8 Å². The van der Waals surface area contributed by atoms with Gasteiger partial charge in [0.2, 0.25) is 0 Å². The van der Waals surface area contributed by atoms with E-state index in [2.05, 4.69) is 19.2 Å². The largest absolute Gasteiger partial charge is 0.497 e. The molecule has 2 rings (SSSR count). The lowest BCUT2D eigenvalue weighted by molar-refractivity contribution is -0.150. The predicted molar refractivity (Wildman–Crippen MR) is 93.6 cm³/mol. The summed E-state index contributed by atoms with van der Waals surface area (Å²) in [4.78, 5) is 23.7. The monoisotopic (exact) mass is 349 g/mol. The standard InChI is InChI=1S/C19H27NO5/c1-13-5-4-6-17(14(13)2)20-18(21)11-25-19(22)12-24-16-9-7-15(23-3)8-10-16/h7-10,13-14,17H,4-6,11-12H2,1-3H3,(H,20,21)/t13-,14-,17-/m1/s1. The maximum Gasteiger partial charge on any atom is 0.344 e. The zero-order valence-electron chi connectivity index (χ0n) is 15.1. The van der Waals surface area contributed by atoms with Crippen LogP contribution in [0.5, 0.6) is 11.5 Å². The summed E-state index contributed by atoms with van der Waals surface area (Å²) in [6.07, 6.45) is 3.29. The van der Waals surface area contributed by atoms with Crippen LogP contribution in [0.2, 0.25) is 0 Å². The van der Waals surface area contributed by atoms with Crippen molar-refractivity contribution in [1.82, 2.24) is 5.32 Å². The summed E-state index contributed by atoms with van der Waals surface area (Å²) >= 11 is 0. The van der Waals surface area contributed by atoms with Crippen molar-refractivity contribution < 1.29 is 23.8 Å². The molecule has 6 heteroatoms. The number of esters is 1. The van der Waals surface area contributed by atoms with Gasteiger partial charge >= 0.3 is 5.97 Å². The van der Waals surface area contributed by atoms with Crippen LogP contribution in [0, 0.1) is 11.8 Å². The predicted octanol–water partition coefficient (Wildman–Crippen LogP) is 2.56. The lowest BCUT2D eigenvalue weighted by atomic mass is 9.78. The van der Waals surface area contributed by atoms with Crippen molar-refractivity contribution >= 4 is 11.9 Å². The molecule has 0 heterocycles. The van der Waals surface area contributed by atoms with Crippen LogP contribution in [0.3, 0.4) is 0 Å². The highest BCUT2D eigenvalue weighted by atomic mass is 16.6. The van der Waals surface area contributed by atoms with Gasteiger partial charge in [-0.05, 0) is 42.5 Å². The molecule has 0 aliphatic heterocycles. The van der Waals surface area contributed by atoms with E-state index < -0.39 is 5.97 Å². The number of benzene rings is 1. The van der Waals surface area contributed by atoms with Gasteiger partial charge in [0.25, 0.3) is 5.91 Å². The molecule has 0 unspecified atom stereocenters. The minimum Gasteiger partial charge on any atom is -0.497 e. The maximum absolute atomic E-state index is 12.0. The number of carbonyl (C=O) groups excluding carboxylic acids is 2. The molecule has 1 N–H and O–H groups in total. The van der Waals surface area contributed by atoms with E-state index in [0.717, 1.165) is 12.8 Å². The van der Waals surface area contributed by atoms with E-state index in [1.165, 1.54) is 6.42 Å². The van der Waals surface area contributed by atoms with Gasteiger partial charge in [-0.15, -0.1) is 0 Å². The van der Waals surface area contributed by atoms with E-state index in [0.29, 0.717) is 23.3 Å². The summed E-state index contributed by atoms with van der Waals surface area (Å²) in [7, 11) is 1.58. The Morgan fingerprint density at radius 1 is 1.08 bits per heavy atom. The second-order valence-corrected chi connectivity index (χ2v) is 6.57. The molecule has 1 aliphatic rings. The van der Waals surface area contributed by atoms with Gasteiger partial charge in [-0.1, -0.05) is 26.7 Å². The molecular weight excluding hydrogens is 322 g/mol. The maximum atomic E-state index is 12.0. The van der Waals surface area contributed by atoms with Crippen LogP contribution in [0.25, 0.3) is 0 Å². The fourth-order valence-electron chi connectivity index (χ4n) is 3.04. The van der Waals surface area contributed by atoms with Gasteiger partial charge in [-0.2, -0.15) is 0 Å². The van der Waals surface area contributed by atoms with E-state index >= 15 is 0 Å². The smallest absolute Gasteiger partial charge is 0.344 e. The minimum atomic E-state index is -0.573. The number of methoxy groups -OCH3 is 1. The lowest BCUT2D eigenvalue weighted by Crippen LogP contribution is -2.45. The van der Waals surface area contributed by atoms with Crippen LogP contribution in [-0.4, -0.2) is 38.2 Å². The van der Waals surface area contributed by atoms with Crippen molar-refractivity contribution in [3.05, 3.63) is 24.3 Å². The van der Waals surface area contributed by atoms with Crippen LogP contribution in [0.15, 0.2) is 24.3 Å². The summed E-state index contributed by atoms with van der Waals surface area (Å²) in [6, 6.07) is 7.03. The zero-order chi connectivity index (χ0) is 18.2. The number of carbonyl (C=O) groups is 2. The molecule has 0 bridgehead atoms. The third-order valence-corrected chi connectivity index (χ3v) is 4.83. The summed E-state index contributed by atoms with van der Waals surface area (Å²) in [5.74, 6) is 1.44. The van der Waals surface area contributed by atoms with Gasteiger partial charge in [-0.25, -0.2) is 4.79 Å². The number of rotatable bonds is 7. The highest BCUT2D eigenvalue weighted by Crippen LogP contribution is 2.29. The van der Waals surface area contributed by atoms with Crippen LogP contribution in [-0.2, 0) is 14.3 Å². The second kappa shape index (κ2) is 9.30. The van der Waals surface area contributed by atoms with Gasteiger partial charge in [0.05, 0.1) is 7.11 Å². The zero-order valence-corrected chi connectivity index (χ0v) is 15.1. The lowest BCUT2D eigenvalue weighted by Gasteiger charge is -2.34. The first kappa shape index (κ1) is 19.1. The topological polar surface area (TPSA) is 73.9 Å². The number of amides is 1. The Kier molecular flexibility index (Phi) is 7.10. The minimum absolute atomic E-state index is 0.158. The van der Waals surface area contributed by atoms with Crippen molar-refractivity contribution in [1.29, 1.82) is 0 Å². The Balaban J connectivity index is 1.67. The Morgan fingerprint density at radius 2 is 1.76 bits per heavy atom. The van der Waals surface area contributed by atoms with Gasteiger partial charge < -0.3 is 19.5 Å². The number of ether oxygens (including phenoxy) is 3. The molecule has 1 saturated carbocycles. The third kappa shape index (κ3) is 5.96. The number of hydrogen-bond donors (Lipinski definition) is 1. The van der Waals surface area contributed by atoms with Crippen LogP contribution in [0.1, 0.15) is 33.1 Å². The van der Waals surface area contributed by atoms with E-state index in [9.17, 15) is 9.59 Å². The quantitative estimate of drug-likeness (QED) is 0.766. The summed E-state index contributed by atoms with van der Waals surface area (Å²) in [5.41, 5.74) is 0. The number of hydrogen-bond acceptors (Lipinski definition) is 5. The average Bonchev–Trinajstić information content (AvgIpc) is 2.62. The molecule has 1 amide bonds. The van der Waals surface area contributed by atoms with Crippen molar-refractivity contribution in [2.24, 2.45) is 11.8 Å².